The zero-order valence-corrected chi connectivity index (χ0v) is 5.04. The molecule has 1 aliphatic rings. The van der Waals surface area contributed by atoms with Crippen molar-refractivity contribution in [1.29, 1.82) is 0 Å². The lowest BCUT2D eigenvalue weighted by Gasteiger charge is -1.99. The molecule has 3 nitrogen and oxygen atoms in total. The van der Waals surface area contributed by atoms with Crippen LogP contribution in [0.3, 0.4) is 0 Å². The maximum atomic E-state index is 9.79. The van der Waals surface area contributed by atoms with Crippen LogP contribution in [-0.2, 0) is 9.53 Å². The summed E-state index contributed by atoms with van der Waals surface area (Å²) in [7, 11) is 0. The zero-order valence-electron chi connectivity index (χ0n) is 5.04. The summed E-state index contributed by atoms with van der Waals surface area (Å²) >= 11 is 0. The highest BCUT2D eigenvalue weighted by molar-refractivity contribution is 5.64. The van der Waals surface area contributed by atoms with Crippen molar-refractivity contribution in [3.63, 3.8) is 0 Å². The van der Waals surface area contributed by atoms with Gasteiger partial charge in [0.25, 0.3) is 0 Å². The third-order valence-electron chi connectivity index (χ3n) is 1.11. The van der Waals surface area contributed by atoms with Gasteiger partial charge in [0.2, 0.25) is 0 Å². The monoisotopic (exact) mass is 127 g/mol. The van der Waals surface area contributed by atoms with Crippen molar-refractivity contribution in [3.8, 4) is 0 Å². The number of carbonyl (C=O) groups excluding carboxylic acids is 1. The molecule has 3 heteroatoms. The van der Waals surface area contributed by atoms with Crippen LogP contribution in [0.2, 0.25) is 0 Å². The first-order chi connectivity index (χ1) is 4.43. The highest BCUT2D eigenvalue weighted by atomic mass is 16.5. The third-order valence-corrected chi connectivity index (χ3v) is 1.11. The van der Waals surface area contributed by atoms with Crippen LogP contribution < -0.4 is 5.32 Å². The average molecular weight is 127 g/mol. The molecular weight excluding hydrogens is 118 g/mol. The van der Waals surface area contributed by atoms with E-state index in [-0.39, 0.29) is 6.23 Å². The summed E-state index contributed by atoms with van der Waals surface area (Å²) in [5.41, 5.74) is 0. The standard InChI is InChI=1S/C6H9NO2/c8-4-1-2-6-7-3-5-9-6/h1-2,4,6-7H,3,5H2. The molecule has 0 spiro atoms. The highest BCUT2D eigenvalue weighted by Crippen LogP contribution is 1.94. The maximum absolute atomic E-state index is 9.79. The number of allylic oxidation sites excluding steroid dienone is 1. The van der Waals surface area contributed by atoms with E-state index in [1.807, 2.05) is 0 Å². The van der Waals surface area contributed by atoms with Crippen molar-refractivity contribution in [2.45, 2.75) is 6.23 Å². The normalized spacial score (nSPS) is 27.3. The predicted octanol–water partition coefficient (Wildman–Crippen LogP) is -0.313. The van der Waals surface area contributed by atoms with E-state index in [1.165, 1.54) is 6.08 Å². The van der Waals surface area contributed by atoms with Crippen LogP contribution in [0, 0.1) is 0 Å². The van der Waals surface area contributed by atoms with Gasteiger partial charge in [-0.15, -0.1) is 0 Å². The molecule has 1 rings (SSSR count). The third kappa shape index (κ3) is 1.95. The van der Waals surface area contributed by atoms with Gasteiger partial charge in [-0.1, -0.05) is 0 Å². The molecule has 1 atom stereocenters. The predicted molar refractivity (Wildman–Crippen MR) is 32.9 cm³/mol. The Balaban J connectivity index is 2.25. The summed E-state index contributed by atoms with van der Waals surface area (Å²) in [4.78, 5) is 9.79. The van der Waals surface area contributed by atoms with Crippen LogP contribution in [0.5, 0.6) is 0 Å². The van der Waals surface area contributed by atoms with Gasteiger partial charge in [0.1, 0.15) is 12.5 Å². The summed E-state index contributed by atoms with van der Waals surface area (Å²) in [6, 6.07) is 0. The zero-order chi connectivity index (χ0) is 6.53. The van der Waals surface area contributed by atoms with Gasteiger partial charge in [-0.3, -0.25) is 10.1 Å². The van der Waals surface area contributed by atoms with E-state index in [0.717, 1.165) is 19.4 Å². The molecule has 0 bridgehead atoms. The van der Waals surface area contributed by atoms with E-state index >= 15 is 0 Å². The van der Waals surface area contributed by atoms with Gasteiger partial charge >= 0.3 is 0 Å². The molecule has 1 N–H and O–H groups in total. The van der Waals surface area contributed by atoms with Crippen LogP contribution in [0.4, 0.5) is 0 Å². The van der Waals surface area contributed by atoms with Crippen molar-refractivity contribution in [3.05, 3.63) is 12.2 Å². The quantitative estimate of drug-likeness (QED) is 0.408. The second kappa shape index (κ2) is 3.37. The van der Waals surface area contributed by atoms with Gasteiger partial charge < -0.3 is 4.74 Å². The van der Waals surface area contributed by atoms with Gasteiger partial charge in [0.05, 0.1) is 6.61 Å². The maximum Gasteiger partial charge on any atom is 0.142 e. The van der Waals surface area contributed by atoms with Crippen LogP contribution >= 0.6 is 0 Å². The van der Waals surface area contributed by atoms with E-state index in [4.69, 9.17) is 4.74 Å². The summed E-state index contributed by atoms with van der Waals surface area (Å²) < 4.78 is 5.10. The number of hydrogen-bond acceptors (Lipinski definition) is 3. The fourth-order valence-electron chi connectivity index (χ4n) is 0.716. The molecule has 0 aromatic heterocycles. The second-order valence-electron chi connectivity index (χ2n) is 1.77. The molecule has 1 unspecified atom stereocenters. The second-order valence-corrected chi connectivity index (χ2v) is 1.77. The lowest BCUT2D eigenvalue weighted by molar-refractivity contribution is -0.104. The fraction of sp³-hybridized carbons (Fsp3) is 0.500. The van der Waals surface area contributed by atoms with Crippen molar-refractivity contribution in [1.82, 2.24) is 5.32 Å². The fourth-order valence-corrected chi connectivity index (χ4v) is 0.716. The lowest BCUT2D eigenvalue weighted by Crippen LogP contribution is -2.19. The minimum absolute atomic E-state index is 0.0461. The molecule has 50 valence electrons. The van der Waals surface area contributed by atoms with E-state index in [1.54, 1.807) is 6.08 Å². The highest BCUT2D eigenvalue weighted by Gasteiger charge is 2.08. The van der Waals surface area contributed by atoms with Gasteiger partial charge in [-0.05, 0) is 12.2 Å². The Hall–Kier alpha value is -0.670. The molecule has 0 aliphatic carbocycles. The number of aldehydes is 1. The summed E-state index contributed by atoms with van der Waals surface area (Å²) in [6.07, 6.45) is 3.82. The molecule has 1 saturated heterocycles. The topological polar surface area (TPSA) is 38.3 Å². The van der Waals surface area contributed by atoms with Gasteiger partial charge in [-0.25, -0.2) is 0 Å². The molecule has 1 heterocycles. The lowest BCUT2D eigenvalue weighted by atomic mass is 10.5. The van der Waals surface area contributed by atoms with E-state index in [2.05, 4.69) is 5.32 Å². The number of carbonyl (C=O) groups is 1. The average Bonchev–Trinajstić information content (AvgIpc) is 2.34. The Morgan fingerprint density at radius 2 is 2.56 bits per heavy atom. The van der Waals surface area contributed by atoms with E-state index in [9.17, 15) is 4.79 Å². The van der Waals surface area contributed by atoms with Crippen molar-refractivity contribution < 1.29 is 9.53 Å². The number of nitrogens with one attached hydrogen (secondary N) is 1. The number of ether oxygens (including phenoxy) is 1. The molecular formula is C6H9NO2. The summed E-state index contributed by atoms with van der Waals surface area (Å²) in [5, 5.41) is 3.02. The van der Waals surface area contributed by atoms with Crippen LogP contribution in [-0.4, -0.2) is 25.7 Å². The molecule has 1 fully saturated rings. The largest absolute Gasteiger partial charge is 0.358 e. The molecule has 0 aromatic carbocycles. The molecule has 1 aliphatic heterocycles. The van der Waals surface area contributed by atoms with Crippen molar-refractivity contribution in [2.75, 3.05) is 13.2 Å². The Bertz CT molecular complexity index is 116. The first-order valence-corrected chi connectivity index (χ1v) is 2.90. The molecule has 0 radical (unpaired) electrons. The SMILES string of the molecule is O=CC=CC1NCCO1. The minimum Gasteiger partial charge on any atom is -0.358 e. The van der Waals surface area contributed by atoms with Gasteiger partial charge in [0, 0.05) is 6.54 Å². The van der Waals surface area contributed by atoms with Gasteiger partial charge in [0.15, 0.2) is 0 Å². The smallest absolute Gasteiger partial charge is 0.142 e. The Morgan fingerprint density at radius 3 is 3.11 bits per heavy atom. The molecule has 9 heavy (non-hydrogen) atoms. The van der Waals surface area contributed by atoms with E-state index in [0.29, 0.717) is 0 Å². The summed E-state index contributed by atoms with van der Waals surface area (Å²) in [6.45, 7) is 1.60. The van der Waals surface area contributed by atoms with E-state index < -0.39 is 0 Å². The summed E-state index contributed by atoms with van der Waals surface area (Å²) in [5.74, 6) is 0. The molecule has 0 aromatic rings. The first kappa shape index (κ1) is 6.45. The number of hydrogen-bond donors (Lipinski definition) is 1. The Labute approximate surface area is 53.7 Å². The Kier molecular flexibility index (Phi) is 2.42. The number of rotatable bonds is 2. The first-order valence-electron chi connectivity index (χ1n) is 2.90. The van der Waals surface area contributed by atoms with Crippen molar-refractivity contribution >= 4 is 6.29 Å². The van der Waals surface area contributed by atoms with Crippen LogP contribution in [0.15, 0.2) is 12.2 Å². The van der Waals surface area contributed by atoms with Gasteiger partial charge in [-0.2, -0.15) is 0 Å². The van der Waals surface area contributed by atoms with Crippen LogP contribution in [0.1, 0.15) is 0 Å². The Morgan fingerprint density at radius 1 is 1.67 bits per heavy atom. The van der Waals surface area contributed by atoms with Crippen LogP contribution in [0.25, 0.3) is 0 Å². The molecule has 0 saturated carbocycles. The molecule has 0 amide bonds. The van der Waals surface area contributed by atoms with Crippen molar-refractivity contribution in [2.24, 2.45) is 0 Å². The minimum atomic E-state index is -0.0461.